The summed E-state index contributed by atoms with van der Waals surface area (Å²) < 4.78 is 0. The van der Waals surface area contributed by atoms with Gasteiger partial charge in [-0.05, 0) is 24.1 Å². The Hall–Kier alpha value is -2.07. The van der Waals surface area contributed by atoms with Gasteiger partial charge >= 0.3 is 0 Å². The molecule has 0 saturated carbocycles. The minimum atomic E-state index is 0.589. The Morgan fingerprint density at radius 1 is 1.32 bits per heavy atom. The number of fused-ring (bicyclic) bond motifs is 1. The average molecular weight is 315 g/mol. The highest BCUT2D eigenvalue weighted by Gasteiger charge is 2.11. The maximum Gasteiger partial charge on any atom is 0.138 e. The third-order valence-electron chi connectivity index (χ3n) is 3.54. The van der Waals surface area contributed by atoms with Crippen molar-refractivity contribution in [3.05, 3.63) is 41.7 Å². The molecule has 0 atom stereocenters. The zero-order valence-corrected chi connectivity index (χ0v) is 13.7. The molecule has 3 heterocycles. The molecule has 3 aromatic heterocycles. The first kappa shape index (κ1) is 14.9. The Labute approximate surface area is 135 Å². The predicted octanol–water partition coefficient (Wildman–Crippen LogP) is 4.37. The molecule has 0 aliphatic heterocycles. The van der Waals surface area contributed by atoms with Crippen molar-refractivity contribution in [3.63, 3.8) is 0 Å². The number of hydrogen-bond donors (Lipinski definition) is 1. The van der Waals surface area contributed by atoms with E-state index in [0.717, 1.165) is 34.7 Å². The van der Waals surface area contributed by atoms with E-state index in [9.17, 15) is 0 Å². The second kappa shape index (κ2) is 5.97. The minimum Gasteiger partial charge on any atom is -0.359 e. The van der Waals surface area contributed by atoms with E-state index in [4.69, 9.17) is 16.6 Å². The average Bonchev–Trinajstić information content (AvgIpc) is 2.89. The Bertz CT molecular complexity index is 794. The van der Waals surface area contributed by atoms with Crippen LogP contribution >= 0.6 is 11.6 Å². The molecule has 0 fully saturated rings. The lowest BCUT2D eigenvalue weighted by Gasteiger charge is -2.20. The van der Waals surface area contributed by atoms with Gasteiger partial charge in [-0.1, -0.05) is 31.5 Å². The van der Waals surface area contributed by atoms with Gasteiger partial charge < -0.3 is 9.88 Å². The van der Waals surface area contributed by atoms with Gasteiger partial charge in [0.25, 0.3) is 0 Å². The quantitative estimate of drug-likeness (QED) is 0.777. The number of halogens is 1. The first-order chi connectivity index (χ1) is 10.5. The normalized spacial score (nSPS) is 11.3. The molecule has 0 spiro atoms. The molecule has 0 saturated heterocycles. The summed E-state index contributed by atoms with van der Waals surface area (Å²) in [6.45, 7) is 5.37. The van der Waals surface area contributed by atoms with Crippen LogP contribution in [0, 0.1) is 5.92 Å². The molecule has 0 aromatic carbocycles. The SMILES string of the molecule is CC(C)CN(C)c1cccc(-c2c[nH]c3ncc(Cl)cc23)n1. The van der Waals surface area contributed by atoms with Crippen LogP contribution in [0.15, 0.2) is 36.7 Å². The molecule has 0 aliphatic rings. The van der Waals surface area contributed by atoms with Crippen LogP contribution in [0.25, 0.3) is 22.3 Å². The summed E-state index contributed by atoms with van der Waals surface area (Å²) in [5.74, 6) is 1.56. The zero-order valence-electron chi connectivity index (χ0n) is 13.0. The van der Waals surface area contributed by atoms with Gasteiger partial charge in [-0.15, -0.1) is 0 Å². The Morgan fingerprint density at radius 2 is 2.14 bits per heavy atom. The van der Waals surface area contributed by atoms with Crippen molar-refractivity contribution >= 4 is 28.5 Å². The molecule has 4 nitrogen and oxygen atoms in total. The lowest BCUT2D eigenvalue weighted by atomic mass is 10.1. The molecule has 3 rings (SSSR count). The predicted molar refractivity (Wildman–Crippen MR) is 92.4 cm³/mol. The van der Waals surface area contributed by atoms with Crippen LogP contribution in [-0.2, 0) is 0 Å². The first-order valence-corrected chi connectivity index (χ1v) is 7.73. The van der Waals surface area contributed by atoms with E-state index >= 15 is 0 Å². The number of rotatable bonds is 4. The Morgan fingerprint density at radius 3 is 2.91 bits per heavy atom. The second-order valence-electron chi connectivity index (χ2n) is 5.91. The van der Waals surface area contributed by atoms with Crippen LogP contribution in [0.3, 0.4) is 0 Å². The van der Waals surface area contributed by atoms with Gasteiger partial charge in [0.15, 0.2) is 0 Å². The van der Waals surface area contributed by atoms with E-state index in [1.165, 1.54) is 0 Å². The number of H-pyrrole nitrogens is 1. The molecular formula is C17H19ClN4. The van der Waals surface area contributed by atoms with Gasteiger partial charge in [-0.25, -0.2) is 9.97 Å². The van der Waals surface area contributed by atoms with E-state index in [0.29, 0.717) is 10.9 Å². The van der Waals surface area contributed by atoms with Crippen molar-refractivity contribution in [1.29, 1.82) is 0 Å². The van der Waals surface area contributed by atoms with Crippen LogP contribution < -0.4 is 4.90 Å². The number of aromatic amines is 1. The van der Waals surface area contributed by atoms with Crippen LogP contribution in [0.5, 0.6) is 0 Å². The van der Waals surface area contributed by atoms with E-state index in [1.807, 2.05) is 30.5 Å². The standard InChI is InChI=1S/C17H19ClN4/c1-11(2)10-22(3)16-6-4-5-15(21-16)14-9-20-17-13(14)7-12(18)8-19-17/h4-9,11H,10H2,1-3H3,(H,19,20). The molecule has 114 valence electrons. The Kier molecular flexibility index (Phi) is 4.03. The van der Waals surface area contributed by atoms with Gasteiger partial charge in [0, 0.05) is 36.9 Å². The summed E-state index contributed by atoms with van der Waals surface area (Å²) in [7, 11) is 2.07. The lowest BCUT2D eigenvalue weighted by molar-refractivity contribution is 0.635. The first-order valence-electron chi connectivity index (χ1n) is 7.36. The topological polar surface area (TPSA) is 44.8 Å². The summed E-state index contributed by atoms with van der Waals surface area (Å²) in [6, 6.07) is 8.00. The number of anilines is 1. The van der Waals surface area contributed by atoms with Crippen molar-refractivity contribution in [3.8, 4) is 11.3 Å². The van der Waals surface area contributed by atoms with Gasteiger partial charge in [0.1, 0.15) is 11.5 Å². The van der Waals surface area contributed by atoms with Crippen molar-refractivity contribution in [2.24, 2.45) is 5.92 Å². The maximum atomic E-state index is 6.07. The molecule has 0 bridgehead atoms. The van der Waals surface area contributed by atoms with Gasteiger partial charge in [0.05, 0.1) is 10.7 Å². The van der Waals surface area contributed by atoms with Crippen LogP contribution in [0.2, 0.25) is 5.02 Å². The molecule has 22 heavy (non-hydrogen) atoms. The fourth-order valence-electron chi connectivity index (χ4n) is 2.62. The zero-order chi connectivity index (χ0) is 15.7. The van der Waals surface area contributed by atoms with Crippen molar-refractivity contribution in [1.82, 2.24) is 15.0 Å². The van der Waals surface area contributed by atoms with Gasteiger partial charge in [-0.2, -0.15) is 0 Å². The summed E-state index contributed by atoms with van der Waals surface area (Å²) in [5, 5.41) is 1.62. The highest BCUT2D eigenvalue weighted by atomic mass is 35.5. The molecule has 3 aromatic rings. The van der Waals surface area contributed by atoms with Crippen molar-refractivity contribution in [2.75, 3.05) is 18.5 Å². The highest BCUT2D eigenvalue weighted by molar-refractivity contribution is 6.31. The fraction of sp³-hybridized carbons (Fsp3) is 0.294. The van der Waals surface area contributed by atoms with Crippen LogP contribution in [0.1, 0.15) is 13.8 Å². The van der Waals surface area contributed by atoms with Gasteiger partial charge in [-0.3, -0.25) is 0 Å². The number of hydrogen-bond acceptors (Lipinski definition) is 3. The monoisotopic (exact) mass is 314 g/mol. The third kappa shape index (κ3) is 2.92. The Balaban J connectivity index is 2.02. The van der Waals surface area contributed by atoms with E-state index in [2.05, 4.69) is 35.8 Å². The van der Waals surface area contributed by atoms with Gasteiger partial charge in [0.2, 0.25) is 0 Å². The van der Waals surface area contributed by atoms with Crippen LogP contribution in [0.4, 0.5) is 5.82 Å². The summed E-state index contributed by atoms with van der Waals surface area (Å²) in [5.41, 5.74) is 2.76. The summed E-state index contributed by atoms with van der Waals surface area (Å²) in [4.78, 5) is 14.4. The molecule has 0 radical (unpaired) electrons. The summed E-state index contributed by atoms with van der Waals surface area (Å²) >= 11 is 6.07. The fourth-order valence-corrected chi connectivity index (χ4v) is 2.77. The maximum absolute atomic E-state index is 6.07. The number of aromatic nitrogens is 3. The van der Waals surface area contributed by atoms with E-state index < -0.39 is 0 Å². The van der Waals surface area contributed by atoms with Crippen molar-refractivity contribution < 1.29 is 0 Å². The number of nitrogens with one attached hydrogen (secondary N) is 1. The molecule has 0 amide bonds. The lowest BCUT2D eigenvalue weighted by Crippen LogP contribution is -2.23. The molecule has 5 heteroatoms. The van der Waals surface area contributed by atoms with E-state index in [1.54, 1.807) is 6.20 Å². The molecule has 1 N–H and O–H groups in total. The number of nitrogens with zero attached hydrogens (tertiary/aromatic N) is 3. The molecular weight excluding hydrogens is 296 g/mol. The summed E-state index contributed by atoms with van der Waals surface area (Å²) in [6.07, 6.45) is 3.58. The van der Waals surface area contributed by atoms with E-state index in [-0.39, 0.29) is 0 Å². The third-order valence-corrected chi connectivity index (χ3v) is 3.74. The molecule has 0 unspecified atom stereocenters. The smallest absolute Gasteiger partial charge is 0.138 e. The van der Waals surface area contributed by atoms with Crippen LogP contribution in [-0.4, -0.2) is 28.5 Å². The highest BCUT2D eigenvalue weighted by Crippen LogP contribution is 2.29. The largest absolute Gasteiger partial charge is 0.359 e. The second-order valence-corrected chi connectivity index (χ2v) is 6.34. The molecule has 0 aliphatic carbocycles. The number of pyridine rings is 2. The minimum absolute atomic E-state index is 0.589. The van der Waals surface area contributed by atoms with Crippen molar-refractivity contribution in [2.45, 2.75) is 13.8 Å².